The molecule has 0 fully saturated rings. The first kappa shape index (κ1) is 12.8. The van der Waals surface area contributed by atoms with Gasteiger partial charge in [-0.2, -0.15) is 4.98 Å². The first-order valence-electron chi connectivity index (χ1n) is 5.03. The van der Waals surface area contributed by atoms with E-state index >= 15 is 0 Å². The van der Waals surface area contributed by atoms with Crippen molar-refractivity contribution in [1.29, 1.82) is 0 Å². The van der Waals surface area contributed by atoms with Crippen molar-refractivity contribution in [2.75, 3.05) is 5.73 Å². The second-order valence-corrected chi connectivity index (χ2v) is 4.57. The molecule has 6 heteroatoms. The molecule has 3 nitrogen and oxygen atoms in total. The Balaban J connectivity index is 2.37. The van der Waals surface area contributed by atoms with Gasteiger partial charge in [0.25, 0.3) is 5.88 Å². The number of benzene rings is 1. The van der Waals surface area contributed by atoms with Crippen LogP contribution in [0.25, 0.3) is 0 Å². The normalized spacial score (nSPS) is 10.4. The minimum Gasteiger partial charge on any atom is -0.436 e. The number of rotatable bonds is 2. The van der Waals surface area contributed by atoms with E-state index in [9.17, 15) is 8.78 Å². The van der Waals surface area contributed by atoms with Gasteiger partial charge in [0.1, 0.15) is 5.75 Å². The van der Waals surface area contributed by atoms with Crippen LogP contribution in [0.3, 0.4) is 0 Å². The van der Waals surface area contributed by atoms with E-state index in [4.69, 9.17) is 10.5 Å². The fourth-order valence-corrected chi connectivity index (χ4v) is 1.84. The third-order valence-corrected chi connectivity index (χ3v) is 2.76. The zero-order chi connectivity index (χ0) is 13.3. The lowest BCUT2D eigenvalue weighted by atomic mass is 10.2. The van der Waals surface area contributed by atoms with Gasteiger partial charge in [-0.1, -0.05) is 15.9 Å². The van der Waals surface area contributed by atoms with E-state index in [1.807, 2.05) is 0 Å². The average Bonchev–Trinajstić information content (AvgIpc) is 2.29. The lowest BCUT2D eigenvalue weighted by Crippen LogP contribution is -2.00. The molecule has 0 saturated carbocycles. The topological polar surface area (TPSA) is 48.1 Å². The van der Waals surface area contributed by atoms with E-state index in [0.29, 0.717) is 11.8 Å². The van der Waals surface area contributed by atoms with Crippen molar-refractivity contribution in [1.82, 2.24) is 4.98 Å². The Labute approximate surface area is 111 Å². The summed E-state index contributed by atoms with van der Waals surface area (Å²) in [5.74, 6) is -2.13. The van der Waals surface area contributed by atoms with Crippen molar-refractivity contribution in [2.45, 2.75) is 6.92 Å². The summed E-state index contributed by atoms with van der Waals surface area (Å²) in [6.07, 6.45) is 0. The van der Waals surface area contributed by atoms with Gasteiger partial charge in [0, 0.05) is 10.5 Å². The molecule has 1 heterocycles. The van der Waals surface area contributed by atoms with Crippen molar-refractivity contribution in [2.24, 2.45) is 0 Å². The van der Waals surface area contributed by atoms with E-state index in [1.165, 1.54) is 0 Å². The molecule has 0 unspecified atom stereocenters. The van der Waals surface area contributed by atoms with Crippen LogP contribution in [0.5, 0.6) is 11.6 Å². The van der Waals surface area contributed by atoms with Crippen LogP contribution in [0.1, 0.15) is 5.56 Å². The van der Waals surface area contributed by atoms with Crippen LogP contribution in [0, 0.1) is 18.6 Å². The average molecular weight is 315 g/mol. The molecule has 94 valence electrons. The fraction of sp³-hybridized carbons (Fsp3) is 0.0833. The summed E-state index contributed by atoms with van der Waals surface area (Å²) < 4.78 is 32.5. The molecular formula is C12H9BrF2N2O. The second kappa shape index (κ2) is 4.89. The van der Waals surface area contributed by atoms with Gasteiger partial charge in [-0.15, -0.1) is 0 Å². The second-order valence-electron chi connectivity index (χ2n) is 3.65. The van der Waals surface area contributed by atoms with Crippen molar-refractivity contribution in [3.05, 3.63) is 45.9 Å². The molecule has 2 rings (SSSR count). The highest BCUT2D eigenvalue weighted by atomic mass is 79.9. The molecule has 0 atom stereocenters. The molecule has 0 radical (unpaired) electrons. The first-order chi connectivity index (χ1) is 8.47. The molecule has 0 bridgehead atoms. The summed E-state index contributed by atoms with van der Waals surface area (Å²) in [6, 6.07) is 5.85. The number of pyridine rings is 1. The number of hydrogen-bond donors (Lipinski definition) is 1. The maximum absolute atomic E-state index is 13.4. The van der Waals surface area contributed by atoms with Crippen LogP contribution in [0.15, 0.2) is 28.7 Å². The minimum absolute atomic E-state index is 0.348. The highest BCUT2D eigenvalue weighted by Gasteiger charge is 2.12. The van der Waals surface area contributed by atoms with Crippen molar-refractivity contribution >= 4 is 21.7 Å². The van der Waals surface area contributed by atoms with Crippen molar-refractivity contribution in [3.8, 4) is 11.6 Å². The quantitative estimate of drug-likeness (QED) is 0.917. The predicted octanol–water partition coefficient (Wildman–Crippen LogP) is 3.81. The molecule has 0 aliphatic carbocycles. The number of nitrogen functional groups attached to an aromatic ring is 1. The highest BCUT2D eigenvalue weighted by molar-refractivity contribution is 9.10. The lowest BCUT2D eigenvalue weighted by Gasteiger charge is -2.09. The standard InChI is InChI=1S/C12H9BrF2N2O/c1-6-4-7(13)2-3-10(6)18-12-9(15)5-8(14)11(16)17-12/h2-5H,1H3,(H2,16,17). The van der Waals surface area contributed by atoms with E-state index in [2.05, 4.69) is 20.9 Å². The molecule has 2 N–H and O–H groups in total. The number of anilines is 1. The Bertz CT molecular complexity index is 605. The number of nitrogens with two attached hydrogens (primary N) is 1. The zero-order valence-electron chi connectivity index (χ0n) is 9.38. The maximum Gasteiger partial charge on any atom is 0.258 e. The Morgan fingerprint density at radius 3 is 2.61 bits per heavy atom. The van der Waals surface area contributed by atoms with E-state index < -0.39 is 17.5 Å². The predicted molar refractivity (Wildman–Crippen MR) is 67.5 cm³/mol. The summed E-state index contributed by atoms with van der Waals surface area (Å²) in [4.78, 5) is 3.52. The van der Waals surface area contributed by atoms with E-state index in [0.717, 1.165) is 10.0 Å². The molecule has 0 amide bonds. The Kier molecular flexibility index (Phi) is 3.47. The lowest BCUT2D eigenvalue weighted by molar-refractivity contribution is 0.416. The van der Waals surface area contributed by atoms with Crippen LogP contribution in [-0.4, -0.2) is 4.98 Å². The Morgan fingerprint density at radius 1 is 1.22 bits per heavy atom. The number of hydrogen-bond acceptors (Lipinski definition) is 3. The highest BCUT2D eigenvalue weighted by Crippen LogP contribution is 2.28. The third kappa shape index (κ3) is 2.59. The van der Waals surface area contributed by atoms with Gasteiger partial charge < -0.3 is 10.5 Å². The van der Waals surface area contributed by atoms with Crippen LogP contribution < -0.4 is 10.5 Å². The number of ether oxygens (including phenoxy) is 1. The van der Waals surface area contributed by atoms with Crippen molar-refractivity contribution < 1.29 is 13.5 Å². The van der Waals surface area contributed by atoms with Crippen molar-refractivity contribution in [3.63, 3.8) is 0 Å². The molecule has 0 aliphatic rings. The summed E-state index contributed by atoms with van der Waals surface area (Å²) in [5, 5.41) is 0. The summed E-state index contributed by atoms with van der Waals surface area (Å²) >= 11 is 3.30. The number of halogens is 3. The van der Waals surface area contributed by atoms with Gasteiger partial charge in [0.2, 0.25) is 0 Å². The van der Waals surface area contributed by atoms with Crippen LogP contribution >= 0.6 is 15.9 Å². The minimum atomic E-state index is -0.910. The molecule has 0 saturated heterocycles. The van der Waals surface area contributed by atoms with Gasteiger partial charge in [-0.25, -0.2) is 8.78 Å². The summed E-state index contributed by atoms with van der Waals surface area (Å²) in [5.41, 5.74) is 6.05. The monoisotopic (exact) mass is 314 g/mol. The fourth-order valence-electron chi connectivity index (χ4n) is 1.37. The molecule has 2 aromatic rings. The Hall–Kier alpha value is -1.69. The number of nitrogens with zero attached hydrogens (tertiary/aromatic N) is 1. The number of aryl methyl sites for hydroxylation is 1. The van der Waals surface area contributed by atoms with Crippen LogP contribution in [-0.2, 0) is 0 Å². The summed E-state index contributed by atoms with van der Waals surface area (Å²) in [6.45, 7) is 1.80. The third-order valence-electron chi connectivity index (χ3n) is 2.27. The molecule has 0 aliphatic heterocycles. The maximum atomic E-state index is 13.4. The zero-order valence-corrected chi connectivity index (χ0v) is 11.0. The van der Waals surface area contributed by atoms with Gasteiger partial charge in [0.15, 0.2) is 17.5 Å². The SMILES string of the molecule is Cc1cc(Br)ccc1Oc1nc(N)c(F)cc1F. The van der Waals surface area contributed by atoms with Gasteiger partial charge in [-0.05, 0) is 30.7 Å². The molecule has 0 spiro atoms. The molecular weight excluding hydrogens is 306 g/mol. The molecule has 1 aromatic heterocycles. The van der Waals surface area contributed by atoms with Gasteiger partial charge in [-0.3, -0.25) is 0 Å². The van der Waals surface area contributed by atoms with Gasteiger partial charge in [0.05, 0.1) is 0 Å². The summed E-state index contributed by atoms with van der Waals surface area (Å²) in [7, 11) is 0. The first-order valence-corrected chi connectivity index (χ1v) is 5.82. The van der Waals surface area contributed by atoms with Crippen LogP contribution in [0.4, 0.5) is 14.6 Å². The van der Waals surface area contributed by atoms with E-state index in [-0.39, 0.29) is 5.88 Å². The van der Waals surface area contributed by atoms with E-state index in [1.54, 1.807) is 25.1 Å². The van der Waals surface area contributed by atoms with Gasteiger partial charge >= 0.3 is 0 Å². The molecule has 1 aromatic carbocycles. The van der Waals surface area contributed by atoms with Crippen LogP contribution in [0.2, 0.25) is 0 Å². The number of aromatic nitrogens is 1. The Morgan fingerprint density at radius 2 is 1.94 bits per heavy atom. The smallest absolute Gasteiger partial charge is 0.258 e. The molecule has 18 heavy (non-hydrogen) atoms. The largest absolute Gasteiger partial charge is 0.436 e.